The largest absolute Gasteiger partial charge is 0.460 e. The molecule has 0 aliphatic heterocycles. The minimum absolute atomic E-state index is 0.0329. The Morgan fingerprint density at radius 3 is 2.50 bits per heavy atom. The molecule has 2 unspecified atom stereocenters. The lowest BCUT2D eigenvalue weighted by molar-refractivity contribution is -0.147. The zero-order valence-corrected chi connectivity index (χ0v) is 14.2. The molecule has 1 aromatic carbocycles. The number of esters is 1. The summed E-state index contributed by atoms with van der Waals surface area (Å²) in [5.74, 6) is -4.38. The minimum Gasteiger partial charge on any atom is -0.460 e. The van der Waals surface area contributed by atoms with Crippen LogP contribution in [-0.2, 0) is 27.5 Å². The first kappa shape index (κ1) is 18.5. The summed E-state index contributed by atoms with van der Waals surface area (Å²) in [6.45, 7) is 4.80. The lowest BCUT2D eigenvalue weighted by atomic mass is 10.1. The maximum atomic E-state index is 14.0. The third-order valence-electron chi connectivity index (χ3n) is 4.55. The van der Waals surface area contributed by atoms with Crippen LogP contribution in [0.2, 0.25) is 0 Å². The molecule has 1 fully saturated rings. The molecule has 0 bridgehead atoms. The van der Waals surface area contributed by atoms with Gasteiger partial charge < -0.3 is 9.47 Å². The number of benzene rings is 1. The molecule has 0 N–H and O–H groups in total. The highest BCUT2D eigenvalue weighted by molar-refractivity contribution is 5.78. The number of carbonyl (C=O) groups excluding carboxylic acids is 1. The summed E-state index contributed by atoms with van der Waals surface area (Å²) < 4.78 is 51.5. The highest BCUT2D eigenvalue weighted by Gasteiger charge is 2.61. The number of allylic oxidation sites excluding steroid dienone is 2. The zero-order valence-electron chi connectivity index (χ0n) is 14.2. The van der Waals surface area contributed by atoms with Gasteiger partial charge in [-0.25, -0.2) is 13.2 Å². The summed E-state index contributed by atoms with van der Waals surface area (Å²) in [5.41, 5.74) is -1.07. The van der Waals surface area contributed by atoms with Gasteiger partial charge in [0.15, 0.2) is 11.6 Å². The van der Waals surface area contributed by atoms with E-state index in [-0.39, 0.29) is 29.4 Å². The number of halogens is 3. The van der Waals surface area contributed by atoms with Crippen molar-refractivity contribution in [3.8, 4) is 0 Å². The molecule has 24 heavy (non-hydrogen) atoms. The van der Waals surface area contributed by atoms with Crippen LogP contribution >= 0.6 is 0 Å². The average Bonchev–Trinajstić information content (AvgIpc) is 3.06. The van der Waals surface area contributed by atoms with Crippen LogP contribution in [0.4, 0.5) is 13.2 Å². The van der Waals surface area contributed by atoms with Crippen molar-refractivity contribution in [1.82, 2.24) is 0 Å². The Morgan fingerprint density at radius 2 is 1.92 bits per heavy atom. The predicted molar refractivity (Wildman–Crippen MR) is 82.4 cm³/mol. The van der Waals surface area contributed by atoms with Crippen LogP contribution in [0.25, 0.3) is 0 Å². The SMILES string of the molecule is C/C=C\C1C(C(=O)OCc2c(F)cc(COC)c(F)c2F)C1(C)C. The first-order valence-electron chi connectivity index (χ1n) is 7.69. The molecular formula is C18H21F3O3. The Morgan fingerprint density at radius 1 is 1.25 bits per heavy atom. The van der Waals surface area contributed by atoms with Crippen molar-refractivity contribution >= 4 is 5.97 Å². The fourth-order valence-corrected chi connectivity index (χ4v) is 3.00. The normalized spacial score (nSPS) is 22.0. The zero-order chi connectivity index (χ0) is 18.1. The predicted octanol–water partition coefficient (Wildman–Crippen LogP) is 4.14. The van der Waals surface area contributed by atoms with Crippen molar-refractivity contribution in [2.24, 2.45) is 17.3 Å². The third kappa shape index (κ3) is 3.34. The van der Waals surface area contributed by atoms with Crippen molar-refractivity contribution in [2.45, 2.75) is 34.0 Å². The van der Waals surface area contributed by atoms with Gasteiger partial charge in [-0.2, -0.15) is 0 Å². The van der Waals surface area contributed by atoms with Gasteiger partial charge in [0.1, 0.15) is 12.4 Å². The van der Waals surface area contributed by atoms with E-state index in [1.807, 2.05) is 32.9 Å². The van der Waals surface area contributed by atoms with E-state index in [4.69, 9.17) is 4.74 Å². The molecule has 3 nitrogen and oxygen atoms in total. The van der Waals surface area contributed by atoms with Gasteiger partial charge >= 0.3 is 5.97 Å². The second-order valence-electron chi connectivity index (χ2n) is 6.52. The van der Waals surface area contributed by atoms with Gasteiger partial charge in [-0.05, 0) is 24.3 Å². The molecule has 2 atom stereocenters. The Labute approximate surface area is 139 Å². The van der Waals surface area contributed by atoms with E-state index in [1.54, 1.807) is 0 Å². The molecule has 0 aromatic heterocycles. The van der Waals surface area contributed by atoms with Gasteiger partial charge in [-0.3, -0.25) is 4.79 Å². The Hall–Kier alpha value is -1.82. The molecule has 0 saturated heterocycles. The molecule has 2 rings (SSSR count). The molecule has 1 aliphatic carbocycles. The molecule has 0 spiro atoms. The van der Waals surface area contributed by atoms with Crippen molar-refractivity contribution in [1.29, 1.82) is 0 Å². The molecule has 1 aliphatic rings. The van der Waals surface area contributed by atoms with E-state index in [0.717, 1.165) is 6.07 Å². The van der Waals surface area contributed by atoms with E-state index in [0.29, 0.717) is 0 Å². The van der Waals surface area contributed by atoms with Gasteiger partial charge in [0, 0.05) is 12.7 Å². The highest BCUT2D eigenvalue weighted by atomic mass is 19.2. The Bertz CT molecular complexity index is 668. The number of hydrogen-bond donors (Lipinski definition) is 0. The number of rotatable bonds is 6. The molecule has 1 saturated carbocycles. The fraction of sp³-hybridized carbons (Fsp3) is 0.500. The Kier molecular flexibility index (Phi) is 5.38. The van der Waals surface area contributed by atoms with Crippen LogP contribution in [-0.4, -0.2) is 13.1 Å². The van der Waals surface area contributed by atoms with Crippen molar-refractivity contribution in [2.75, 3.05) is 7.11 Å². The highest BCUT2D eigenvalue weighted by Crippen LogP contribution is 2.59. The molecular weight excluding hydrogens is 321 g/mol. The standard InChI is InChI=1S/C18H21F3O3/c1-5-6-12-14(18(12,2)3)17(22)24-9-11-13(19)7-10(8-23-4)15(20)16(11)21/h5-7,12,14H,8-9H2,1-4H3/b6-5-. The second kappa shape index (κ2) is 6.97. The molecule has 0 heterocycles. The quantitative estimate of drug-likeness (QED) is 0.443. The fourth-order valence-electron chi connectivity index (χ4n) is 3.00. The van der Waals surface area contributed by atoms with Crippen LogP contribution < -0.4 is 0 Å². The van der Waals surface area contributed by atoms with Gasteiger partial charge in [0.2, 0.25) is 0 Å². The number of methoxy groups -OCH3 is 1. The number of hydrogen-bond acceptors (Lipinski definition) is 3. The molecule has 132 valence electrons. The molecule has 6 heteroatoms. The molecule has 0 amide bonds. The third-order valence-corrected chi connectivity index (χ3v) is 4.55. The van der Waals surface area contributed by atoms with E-state index in [2.05, 4.69) is 4.74 Å². The second-order valence-corrected chi connectivity index (χ2v) is 6.52. The Balaban J connectivity index is 2.10. The average molecular weight is 342 g/mol. The van der Waals surface area contributed by atoms with Gasteiger partial charge in [0.05, 0.1) is 18.1 Å². The maximum Gasteiger partial charge on any atom is 0.310 e. The van der Waals surface area contributed by atoms with E-state index in [9.17, 15) is 18.0 Å². The van der Waals surface area contributed by atoms with Crippen molar-refractivity contribution < 1.29 is 27.4 Å². The summed E-state index contributed by atoms with van der Waals surface area (Å²) in [6, 6.07) is 0.856. The van der Waals surface area contributed by atoms with E-state index < -0.39 is 35.6 Å². The van der Waals surface area contributed by atoms with Gasteiger partial charge in [0.25, 0.3) is 0 Å². The van der Waals surface area contributed by atoms with Gasteiger partial charge in [-0.1, -0.05) is 26.0 Å². The number of ether oxygens (including phenoxy) is 2. The van der Waals surface area contributed by atoms with Crippen LogP contribution in [0.15, 0.2) is 18.2 Å². The van der Waals surface area contributed by atoms with Crippen molar-refractivity contribution in [3.05, 3.63) is 46.8 Å². The monoisotopic (exact) mass is 342 g/mol. The lowest BCUT2D eigenvalue weighted by Crippen LogP contribution is -2.13. The van der Waals surface area contributed by atoms with Crippen LogP contribution in [0.1, 0.15) is 31.9 Å². The maximum absolute atomic E-state index is 14.0. The minimum atomic E-state index is -1.35. The van der Waals surface area contributed by atoms with Crippen molar-refractivity contribution in [3.63, 3.8) is 0 Å². The first-order chi connectivity index (χ1) is 11.3. The van der Waals surface area contributed by atoms with Gasteiger partial charge in [-0.15, -0.1) is 0 Å². The summed E-state index contributed by atoms with van der Waals surface area (Å²) in [6.07, 6.45) is 3.76. The van der Waals surface area contributed by atoms with Crippen LogP contribution in [0.5, 0.6) is 0 Å². The van der Waals surface area contributed by atoms with E-state index >= 15 is 0 Å². The lowest BCUT2D eigenvalue weighted by Gasteiger charge is -2.11. The molecule has 0 radical (unpaired) electrons. The summed E-state index contributed by atoms with van der Waals surface area (Å²) in [4.78, 5) is 12.1. The summed E-state index contributed by atoms with van der Waals surface area (Å²) in [7, 11) is 1.30. The molecule has 1 aromatic rings. The van der Waals surface area contributed by atoms with Crippen LogP contribution in [0, 0.1) is 34.7 Å². The smallest absolute Gasteiger partial charge is 0.310 e. The first-order valence-corrected chi connectivity index (χ1v) is 7.69. The topological polar surface area (TPSA) is 35.5 Å². The summed E-state index contributed by atoms with van der Waals surface area (Å²) in [5, 5.41) is 0. The summed E-state index contributed by atoms with van der Waals surface area (Å²) >= 11 is 0. The van der Waals surface area contributed by atoms with E-state index in [1.165, 1.54) is 7.11 Å². The van der Waals surface area contributed by atoms with Crippen LogP contribution in [0.3, 0.4) is 0 Å². The number of carbonyl (C=O) groups is 1.